The van der Waals surface area contributed by atoms with Crippen molar-refractivity contribution in [3.05, 3.63) is 70.3 Å². The van der Waals surface area contributed by atoms with E-state index in [1.165, 1.54) is 11.9 Å². The molecule has 0 aliphatic carbocycles. The van der Waals surface area contributed by atoms with Crippen LogP contribution in [-0.4, -0.2) is 22.4 Å². The minimum Gasteiger partial charge on any atom is -0.330 e. The third-order valence-electron chi connectivity index (χ3n) is 5.55. The van der Waals surface area contributed by atoms with E-state index < -0.39 is 35.2 Å². The number of nitrogens with two attached hydrogens (primary N) is 1. The van der Waals surface area contributed by atoms with E-state index >= 15 is 0 Å². The lowest BCUT2D eigenvalue weighted by Gasteiger charge is -2.38. The van der Waals surface area contributed by atoms with Crippen molar-refractivity contribution in [2.24, 2.45) is 11.7 Å². The number of hydrazine groups is 1. The van der Waals surface area contributed by atoms with E-state index in [1.54, 1.807) is 6.92 Å². The lowest BCUT2D eigenvalue weighted by Crippen LogP contribution is -2.49. The summed E-state index contributed by atoms with van der Waals surface area (Å²) in [6, 6.07) is 4.18. The Kier molecular flexibility index (Phi) is 9.79. The first-order valence-corrected chi connectivity index (χ1v) is 11.2. The molecule has 1 amide bonds. The van der Waals surface area contributed by atoms with Gasteiger partial charge in [-0.15, -0.1) is 0 Å². The second-order valence-electron chi connectivity index (χ2n) is 8.00. The van der Waals surface area contributed by atoms with Crippen molar-refractivity contribution in [3.8, 4) is 0 Å². The molecular formula is C24H29F4N3OS. The van der Waals surface area contributed by atoms with E-state index in [-0.39, 0.29) is 16.5 Å². The predicted molar refractivity (Wildman–Crippen MR) is 124 cm³/mol. The van der Waals surface area contributed by atoms with Crippen LogP contribution in [-0.2, 0) is 4.79 Å². The maximum atomic E-state index is 14.3. The Morgan fingerprint density at radius 1 is 1.09 bits per heavy atom. The van der Waals surface area contributed by atoms with E-state index in [9.17, 15) is 22.4 Å². The van der Waals surface area contributed by atoms with Crippen LogP contribution in [0.2, 0.25) is 0 Å². The number of halogens is 4. The van der Waals surface area contributed by atoms with Crippen LogP contribution in [0, 0.1) is 36.1 Å². The molecule has 2 aromatic carbocycles. The van der Waals surface area contributed by atoms with Crippen LogP contribution in [0.3, 0.4) is 0 Å². The third-order valence-corrected chi connectivity index (χ3v) is 5.86. The molecule has 2 atom stereocenters. The number of nitrogens with one attached hydrogen (secondary N) is 1. The van der Waals surface area contributed by atoms with E-state index in [0.29, 0.717) is 30.5 Å². The molecule has 9 heteroatoms. The van der Waals surface area contributed by atoms with Crippen molar-refractivity contribution in [1.29, 1.82) is 0 Å². The lowest BCUT2D eigenvalue weighted by molar-refractivity contribution is -0.135. The summed E-state index contributed by atoms with van der Waals surface area (Å²) in [4.78, 5) is 12.5. The Morgan fingerprint density at radius 2 is 1.76 bits per heavy atom. The zero-order valence-corrected chi connectivity index (χ0v) is 19.7. The van der Waals surface area contributed by atoms with Gasteiger partial charge in [-0.05, 0) is 73.7 Å². The smallest absolute Gasteiger partial charge is 0.238 e. The van der Waals surface area contributed by atoms with Crippen molar-refractivity contribution in [3.63, 3.8) is 0 Å². The van der Waals surface area contributed by atoms with Gasteiger partial charge in [-0.25, -0.2) is 22.6 Å². The van der Waals surface area contributed by atoms with Gasteiger partial charge in [0.1, 0.15) is 16.6 Å². The van der Waals surface area contributed by atoms with Crippen LogP contribution >= 0.6 is 12.2 Å². The molecule has 33 heavy (non-hydrogen) atoms. The van der Waals surface area contributed by atoms with Crippen LogP contribution in [0.25, 0.3) is 0 Å². The molecule has 4 nitrogen and oxygen atoms in total. The highest BCUT2D eigenvalue weighted by molar-refractivity contribution is 7.80. The zero-order valence-electron chi connectivity index (χ0n) is 18.9. The monoisotopic (exact) mass is 483 g/mol. The average Bonchev–Trinajstić information content (AvgIpc) is 2.76. The molecule has 3 N–H and O–H groups in total. The molecule has 2 unspecified atom stereocenters. The summed E-state index contributed by atoms with van der Waals surface area (Å²) in [5.74, 6) is -4.22. The van der Waals surface area contributed by atoms with Gasteiger partial charge in [-0.1, -0.05) is 32.0 Å². The van der Waals surface area contributed by atoms with Crippen molar-refractivity contribution < 1.29 is 22.4 Å². The fourth-order valence-electron chi connectivity index (χ4n) is 3.91. The van der Waals surface area contributed by atoms with E-state index in [0.717, 1.165) is 43.2 Å². The molecule has 0 radical (unpaired) electrons. The van der Waals surface area contributed by atoms with E-state index in [2.05, 4.69) is 5.43 Å². The number of amides is 1. The summed E-state index contributed by atoms with van der Waals surface area (Å²) in [7, 11) is 0. The molecule has 0 aliphatic rings. The Balaban J connectivity index is 2.59. The highest BCUT2D eigenvalue weighted by Crippen LogP contribution is 2.36. The fraction of sp³-hybridized carbons (Fsp3) is 0.417. The molecule has 0 fully saturated rings. The number of thiocarbonyl (C=S) groups is 1. The van der Waals surface area contributed by atoms with Gasteiger partial charge in [0.05, 0.1) is 6.04 Å². The fourth-order valence-corrected chi connectivity index (χ4v) is 4.16. The maximum Gasteiger partial charge on any atom is 0.238 e. The van der Waals surface area contributed by atoms with Gasteiger partial charge in [-0.2, -0.15) is 0 Å². The first-order valence-electron chi connectivity index (χ1n) is 10.8. The van der Waals surface area contributed by atoms with E-state index in [1.807, 2.05) is 6.92 Å². The molecule has 180 valence electrons. The summed E-state index contributed by atoms with van der Waals surface area (Å²) >= 11 is 5.28. The number of carbonyl (C=O) groups excluding carboxylic acids is 1. The first kappa shape index (κ1) is 26.7. The van der Waals surface area contributed by atoms with Crippen molar-refractivity contribution in [2.75, 3.05) is 6.54 Å². The number of benzene rings is 2. The van der Waals surface area contributed by atoms with Crippen molar-refractivity contribution in [1.82, 2.24) is 10.4 Å². The molecule has 0 saturated heterocycles. The highest BCUT2D eigenvalue weighted by atomic mass is 32.1. The second kappa shape index (κ2) is 12.1. The summed E-state index contributed by atoms with van der Waals surface area (Å²) in [6.07, 6.45) is 2.85. The van der Waals surface area contributed by atoms with Crippen LogP contribution < -0.4 is 11.2 Å². The summed E-state index contributed by atoms with van der Waals surface area (Å²) in [5, 5.41) is 1.18. The minimum absolute atomic E-state index is 0.213. The number of carbonyl (C=O) groups is 1. The summed E-state index contributed by atoms with van der Waals surface area (Å²) in [5.41, 5.74) is 9.17. The molecule has 0 spiro atoms. The van der Waals surface area contributed by atoms with Crippen LogP contribution in [0.5, 0.6) is 0 Å². The topological polar surface area (TPSA) is 58.4 Å². The first-order chi connectivity index (χ1) is 15.6. The normalized spacial score (nSPS) is 12.8. The molecule has 2 aromatic rings. The number of nitrogens with zero attached hydrogens (tertiary/aromatic N) is 1. The van der Waals surface area contributed by atoms with Crippen LogP contribution in [0.15, 0.2) is 30.3 Å². The molecule has 0 saturated carbocycles. The molecule has 0 heterocycles. The maximum absolute atomic E-state index is 14.3. The van der Waals surface area contributed by atoms with E-state index in [4.69, 9.17) is 18.0 Å². The molecule has 0 bridgehead atoms. The number of rotatable bonds is 9. The highest BCUT2D eigenvalue weighted by Gasteiger charge is 2.33. The van der Waals surface area contributed by atoms with Crippen LogP contribution in [0.4, 0.5) is 17.6 Å². The molecular weight excluding hydrogens is 454 g/mol. The SMILES string of the molecule is CCCCC(CCN)C(c1cc(F)c(F)cc1C)N(NC(=S)c1cc(F)ccc1F)C(C)=O. The third kappa shape index (κ3) is 6.74. The van der Waals surface area contributed by atoms with Gasteiger partial charge >= 0.3 is 0 Å². The van der Waals surface area contributed by atoms with Gasteiger partial charge in [0.2, 0.25) is 5.91 Å². The lowest BCUT2D eigenvalue weighted by atomic mass is 9.84. The minimum atomic E-state index is -1.05. The molecule has 0 aliphatic heterocycles. The summed E-state index contributed by atoms with van der Waals surface area (Å²) in [6.45, 7) is 5.22. The number of hydrogen-bond acceptors (Lipinski definition) is 3. The van der Waals surface area contributed by atoms with Crippen molar-refractivity contribution >= 4 is 23.1 Å². The number of hydrogen-bond donors (Lipinski definition) is 2. The number of unbranched alkanes of at least 4 members (excludes halogenated alkanes) is 1. The Hall–Kier alpha value is -2.52. The van der Waals surface area contributed by atoms with Crippen LogP contribution in [0.1, 0.15) is 62.3 Å². The zero-order chi connectivity index (χ0) is 24.7. The summed E-state index contributed by atoms with van der Waals surface area (Å²) < 4.78 is 56.1. The molecule has 0 aromatic heterocycles. The molecule has 2 rings (SSSR count). The second-order valence-corrected chi connectivity index (χ2v) is 8.41. The predicted octanol–water partition coefficient (Wildman–Crippen LogP) is 5.48. The Bertz CT molecular complexity index is 1000. The van der Waals surface area contributed by atoms with Crippen molar-refractivity contribution in [2.45, 2.75) is 52.5 Å². The quantitative estimate of drug-likeness (QED) is 0.282. The Labute approximate surface area is 197 Å². The van der Waals surface area contributed by atoms with Gasteiger partial charge in [0, 0.05) is 12.5 Å². The average molecular weight is 484 g/mol. The standard InChI is InChI=1S/C24H29F4N3OS/c1-4-5-6-16(9-10-29)23(18-13-22(28)21(27)11-14(18)2)31(15(3)32)30-24(33)19-12-17(25)7-8-20(19)26/h7-8,11-13,16,23H,4-6,9-10,29H2,1-3H3,(H,30,33). The van der Waals surface area contributed by atoms with Gasteiger partial charge in [0.25, 0.3) is 0 Å². The van der Waals surface area contributed by atoms with Gasteiger partial charge < -0.3 is 5.73 Å². The van der Waals surface area contributed by atoms with Gasteiger partial charge in [0.15, 0.2) is 11.6 Å². The largest absolute Gasteiger partial charge is 0.330 e. The number of aryl methyl sites for hydroxylation is 1. The van der Waals surface area contributed by atoms with Gasteiger partial charge in [-0.3, -0.25) is 10.2 Å². The Morgan fingerprint density at radius 3 is 2.36 bits per heavy atom.